The normalized spacial score (nSPS) is 21.0. The number of likely N-dealkylation sites (tertiary alicyclic amines) is 1. The summed E-state index contributed by atoms with van der Waals surface area (Å²) < 4.78 is 5.50. The lowest BCUT2D eigenvalue weighted by molar-refractivity contribution is -0.0807. The van der Waals surface area contributed by atoms with Gasteiger partial charge in [-0.05, 0) is 62.4 Å². The Morgan fingerprint density at radius 3 is 2.81 bits per heavy atom. The Balaban J connectivity index is 1.31. The van der Waals surface area contributed by atoms with Crippen LogP contribution in [0, 0.1) is 5.41 Å². The number of pyridine rings is 1. The van der Waals surface area contributed by atoms with E-state index in [0.29, 0.717) is 16.4 Å². The maximum atomic E-state index is 6.23. The van der Waals surface area contributed by atoms with Gasteiger partial charge >= 0.3 is 0 Å². The Hall–Kier alpha value is -1.36. The number of anilines is 1. The summed E-state index contributed by atoms with van der Waals surface area (Å²) in [5.74, 6) is 0.402. The number of hydrogen-bond donors (Lipinski definition) is 1. The minimum atomic E-state index is 0.402. The number of nitrogens with two attached hydrogens (primary N) is 1. The first kappa shape index (κ1) is 18.0. The van der Waals surface area contributed by atoms with Gasteiger partial charge in [-0.15, -0.1) is 0 Å². The van der Waals surface area contributed by atoms with Crippen LogP contribution in [-0.2, 0) is 4.74 Å². The van der Waals surface area contributed by atoms with Gasteiger partial charge in [0.2, 0.25) is 0 Å². The van der Waals surface area contributed by atoms with Gasteiger partial charge in [-0.2, -0.15) is 0 Å². The van der Waals surface area contributed by atoms with E-state index in [0.717, 1.165) is 41.9 Å². The van der Waals surface area contributed by atoms with Crippen molar-refractivity contribution >= 4 is 28.2 Å². The second-order valence-electron chi connectivity index (χ2n) is 8.16. The molecule has 1 atom stereocenters. The van der Waals surface area contributed by atoms with Crippen LogP contribution in [0.15, 0.2) is 24.3 Å². The zero-order valence-electron chi connectivity index (χ0n) is 15.5. The predicted molar refractivity (Wildman–Crippen MR) is 108 cm³/mol. The fraction of sp³-hybridized carbons (Fsp3) is 0.571. The molecule has 2 aromatic rings. The molecule has 2 N–H and O–H groups in total. The van der Waals surface area contributed by atoms with Crippen LogP contribution in [-0.4, -0.2) is 42.7 Å². The fourth-order valence-electron chi connectivity index (χ4n) is 4.45. The SMILES string of the molecule is CC(CCCN1CC2(CCOCC2)C1)c1cc(N)c2ccc(Cl)cc2n1. The Kier molecular flexibility index (Phi) is 5.09. The lowest BCUT2D eigenvalue weighted by Crippen LogP contribution is -2.58. The fourth-order valence-corrected chi connectivity index (χ4v) is 4.62. The van der Waals surface area contributed by atoms with Crippen molar-refractivity contribution in [2.45, 2.75) is 38.5 Å². The summed E-state index contributed by atoms with van der Waals surface area (Å²) in [5, 5.41) is 1.68. The Morgan fingerprint density at radius 1 is 1.27 bits per heavy atom. The van der Waals surface area contributed by atoms with E-state index in [-0.39, 0.29) is 0 Å². The largest absolute Gasteiger partial charge is 0.398 e. The van der Waals surface area contributed by atoms with Crippen LogP contribution in [0.2, 0.25) is 5.02 Å². The maximum absolute atomic E-state index is 6.23. The quantitative estimate of drug-likeness (QED) is 0.840. The first-order chi connectivity index (χ1) is 12.5. The zero-order chi connectivity index (χ0) is 18.1. The Morgan fingerprint density at radius 2 is 2.04 bits per heavy atom. The van der Waals surface area contributed by atoms with E-state index in [1.807, 2.05) is 24.3 Å². The smallest absolute Gasteiger partial charge is 0.0740 e. The molecule has 4 nitrogen and oxygen atoms in total. The lowest BCUT2D eigenvalue weighted by Gasteiger charge is -2.52. The highest BCUT2D eigenvalue weighted by Gasteiger charge is 2.43. The summed E-state index contributed by atoms with van der Waals surface area (Å²) in [6.45, 7) is 7.83. The average Bonchev–Trinajstić information content (AvgIpc) is 2.60. The highest BCUT2D eigenvalue weighted by molar-refractivity contribution is 6.31. The summed E-state index contributed by atoms with van der Waals surface area (Å²) in [5.41, 5.74) is 9.55. The van der Waals surface area contributed by atoms with Gasteiger partial charge in [0.05, 0.1) is 5.52 Å². The minimum Gasteiger partial charge on any atom is -0.398 e. The van der Waals surface area contributed by atoms with Crippen LogP contribution < -0.4 is 5.73 Å². The molecule has 0 radical (unpaired) electrons. The van der Waals surface area contributed by atoms with Gasteiger partial charge in [0.15, 0.2) is 0 Å². The average molecular weight is 374 g/mol. The van der Waals surface area contributed by atoms with Gasteiger partial charge in [-0.25, -0.2) is 0 Å². The molecule has 0 saturated carbocycles. The monoisotopic (exact) mass is 373 g/mol. The number of ether oxygens (including phenoxy) is 1. The topological polar surface area (TPSA) is 51.4 Å². The highest BCUT2D eigenvalue weighted by atomic mass is 35.5. The number of nitrogen functional groups attached to an aromatic ring is 1. The molecule has 2 saturated heterocycles. The van der Waals surface area contributed by atoms with Gasteiger partial charge in [0.1, 0.15) is 0 Å². The van der Waals surface area contributed by atoms with E-state index in [2.05, 4.69) is 11.8 Å². The van der Waals surface area contributed by atoms with E-state index in [1.54, 1.807) is 0 Å². The number of nitrogens with zero attached hydrogens (tertiary/aromatic N) is 2. The van der Waals surface area contributed by atoms with Crippen molar-refractivity contribution in [1.29, 1.82) is 0 Å². The molecule has 4 rings (SSSR count). The molecule has 1 aromatic carbocycles. The van der Waals surface area contributed by atoms with Crippen molar-refractivity contribution in [1.82, 2.24) is 9.88 Å². The standard InChI is InChI=1S/C21H28ClN3O/c1-15(3-2-8-25-13-21(14-25)6-9-26-10-7-21)19-12-18(23)17-5-4-16(22)11-20(17)24-19/h4-5,11-12,15H,2-3,6-10,13-14H2,1H3,(H2,23,24). The van der Waals surface area contributed by atoms with Crippen LogP contribution in [0.5, 0.6) is 0 Å². The molecule has 1 spiro atoms. The number of benzene rings is 1. The first-order valence-electron chi connectivity index (χ1n) is 9.70. The molecule has 0 bridgehead atoms. The van der Waals surface area contributed by atoms with E-state index < -0.39 is 0 Å². The van der Waals surface area contributed by atoms with Crippen LogP contribution in [0.3, 0.4) is 0 Å². The molecule has 0 amide bonds. The van der Waals surface area contributed by atoms with E-state index in [4.69, 9.17) is 27.1 Å². The van der Waals surface area contributed by atoms with Crippen LogP contribution in [0.25, 0.3) is 10.9 Å². The maximum Gasteiger partial charge on any atom is 0.0740 e. The number of hydrogen-bond acceptors (Lipinski definition) is 4. The number of aromatic nitrogens is 1. The molecular weight excluding hydrogens is 346 g/mol. The van der Waals surface area contributed by atoms with Crippen molar-refractivity contribution in [3.63, 3.8) is 0 Å². The third-order valence-corrected chi connectivity index (χ3v) is 6.35. The molecular formula is C21H28ClN3O. The minimum absolute atomic E-state index is 0.402. The Labute approximate surface area is 160 Å². The second kappa shape index (κ2) is 7.34. The van der Waals surface area contributed by atoms with Gasteiger partial charge in [-0.1, -0.05) is 18.5 Å². The van der Waals surface area contributed by atoms with Gasteiger partial charge < -0.3 is 15.4 Å². The molecule has 3 heterocycles. The van der Waals surface area contributed by atoms with E-state index in [9.17, 15) is 0 Å². The van der Waals surface area contributed by atoms with Crippen molar-refractivity contribution in [2.24, 2.45) is 5.41 Å². The second-order valence-corrected chi connectivity index (χ2v) is 8.60. The molecule has 2 aliphatic heterocycles. The van der Waals surface area contributed by atoms with E-state index >= 15 is 0 Å². The summed E-state index contributed by atoms with van der Waals surface area (Å²) in [4.78, 5) is 7.40. The molecule has 1 unspecified atom stereocenters. The number of halogens is 1. The predicted octanol–water partition coefficient (Wildman–Crippen LogP) is 4.47. The highest BCUT2D eigenvalue weighted by Crippen LogP contribution is 2.40. The van der Waals surface area contributed by atoms with Crippen molar-refractivity contribution in [3.8, 4) is 0 Å². The lowest BCUT2D eigenvalue weighted by atomic mass is 9.73. The van der Waals surface area contributed by atoms with Crippen molar-refractivity contribution in [3.05, 3.63) is 35.0 Å². The first-order valence-corrected chi connectivity index (χ1v) is 10.1. The number of rotatable bonds is 5. The van der Waals surface area contributed by atoms with Gasteiger partial charge in [-0.3, -0.25) is 4.98 Å². The van der Waals surface area contributed by atoms with E-state index in [1.165, 1.54) is 38.9 Å². The third kappa shape index (κ3) is 3.68. The molecule has 2 aliphatic rings. The molecule has 2 fully saturated rings. The van der Waals surface area contributed by atoms with Crippen LogP contribution in [0.1, 0.15) is 44.2 Å². The third-order valence-electron chi connectivity index (χ3n) is 6.11. The van der Waals surface area contributed by atoms with Gasteiger partial charge in [0.25, 0.3) is 0 Å². The molecule has 1 aromatic heterocycles. The molecule has 26 heavy (non-hydrogen) atoms. The van der Waals surface area contributed by atoms with Crippen LogP contribution >= 0.6 is 11.6 Å². The Bertz CT molecular complexity index is 780. The summed E-state index contributed by atoms with van der Waals surface area (Å²) in [6.07, 6.45) is 4.81. The van der Waals surface area contributed by atoms with Crippen LogP contribution in [0.4, 0.5) is 5.69 Å². The van der Waals surface area contributed by atoms with Crippen molar-refractivity contribution in [2.75, 3.05) is 38.6 Å². The summed E-state index contributed by atoms with van der Waals surface area (Å²) in [6, 6.07) is 7.74. The summed E-state index contributed by atoms with van der Waals surface area (Å²) >= 11 is 6.11. The molecule has 5 heteroatoms. The summed E-state index contributed by atoms with van der Waals surface area (Å²) in [7, 11) is 0. The van der Waals surface area contributed by atoms with Gasteiger partial charge in [0, 0.05) is 53.5 Å². The van der Waals surface area contributed by atoms with Crippen molar-refractivity contribution < 1.29 is 4.74 Å². The molecule has 0 aliphatic carbocycles. The molecule has 140 valence electrons. The zero-order valence-corrected chi connectivity index (χ0v) is 16.3. The number of fused-ring (bicyclic) bond motifs is 1.